The molecule has 8 heteroatoms. The van der Waals surface area contributed by atoms with Crippen LogP contribution in [0.25, 0.3) is 5.65 Å². The number of aliphatic hydroxyl groups is 1. The largest absolute Gasteiger partial charge is 0.479 e. The molecule has 1 unspecified atom stereocenters. The van der Waals surface area contributed by atoms with E-state index >= 15 is 0 Å². The van der Waals surface area contributed by atoms with Gasteiger partial charge in [0.25, 0.3) is 5.91 Å². The molecule has 0 saturated carbocycles. The van der Waals surface area contributed by atoms with Gasteiger partial charge >= 0.3 is 5.97 Å². The molecule has 0 aliphatic rings. The highest BCUT2D eigenvalue weighted by atomic mass is 16.4. The van der Waals surface area contributed by atoms with Gasteiger partial charge in [-0.2, -0.15) is 5.10 Å². The molecule has 2 heterocycles. The SMILES string of the molecule is Cc1cc2ncc(C(=O)NCC(O)C(=O)O)c(C)n2n1. The molecule has 1 atom stereocenters. The zero-order valence-corrected chi connectivity index (χ0v) is 11.0. The fourth-order valence-corrected chi connectivity index (χ4v) is 1.76. The number of carboxylic acid groups (broad SMARTS) is 1. The normalized spacial score (nSPS) is 12.3. The molecule has 0 saturated heterocycles. The molecule has 2 aromatic heterocycles. The number of aliphatic carboxylic acids is 1. The van der Waals surface area contributed by atoms with Crippen LogP contribution in [0.4, 0.5) is 0 Å². The standard InChI is InChI=1S/C12H14N4O4/c1-6-3-10-13-4-8(7(2)16(10)15-6)11(18)14-5-9(17)12(19)20/h3-4,9,17H,5H2,1-2H3,(H,14,18)(H,19,20). The first-order chi connectivity index (χ1) is 9.40. The summed E-state index contributed by atoms with van der Waals surface area (Å²) >= 11 is 0. The number of fused-ring (bicyclic) bond motifs is 1. The number of amides is 1. The van der Waals surface area contributed by atoms with Gasteiger partial charge < -0.3 is 15.5 Å². The quantitative estimate of drug-likeness (QED) is 0.695. The van der Waals surface area contributed by atoms with Gasteiger partial charge in [0, 0.05) is 12.3 Å². The Morgan fingerprint density at radius 1 is 1.45 bits per heavy atom. The van der Waals surface area contributed by atoms with Crippen LogP contribution in [0.5, 0.6) is 0 Å². The average Bonchev–Trinajstić information content (AvgIpc) is 2.77. The number of aliphatic hydroxyl groups excluding tert-OH is 1. The van der Waals surface area contributed by atoms with Gasteiger partial charge in [0.05, 0.1) is 23.5 Å². The number of aryl methyl sites for hydroxylation is 2. The average molecular weight is 278 g/mol. The second-order valence-corrected chi connectivity index (χ2v) is 4.38. The summed E-state index contributed by atoms with van der Waals surface area (Å²) in [5, 5.41) is 24.2. The Bertz CT molecular complexity index is 679. The number of aromatic nitrogens is 3. The Hall–Kier alpha value is -2.48. The van der Waals surface area contributed by atoms with E-state index < -0.39 is 18.0 Å². The van der Waals surface area contributed by atoms with Crippen molar-refractivity contribution >= 4 is 17.5 Å². The summed E-state index contributed by atoms with van der Waals surface area (Å²) in [7, 11) is 0. The van der Waals surface area contributed by atoms with E-state index in [0.29, 0.717) is 11.3 Å². The third-order valence-electron chi connectivity index (χ3n) is 2.83. The van der Waals surface area contributed by atoms with E-state index in [4.69, 9.17) is 10.2 Å². The van der Waals surface area contributed by atoms with Crippen LogP contribution in [0.3, 0.4) is 0 Å². The van der Waals surface area contributed by atoms with E-state index in [2.05, 4.69) is 15.4 Å². The van der Waals surface area contributed by atoms with Crippen molar-refractivity contribution in [2.45, 2.75) is 20.0 Å². The van der Waals surface area contributed by atoms with Crippen molar-refractivity contribution in [1.82, 2.24) is 19.9 Å². The molecule has 0 bridgehead atoms. The van der Waals surface area contributed by atoms with Crippen LogP contribution in [-0.4, -0.2) is 49.3 Å². The fraction of sp³-hybridized carbons (Fsp3) is 0.333. The lowest BCUT2D eigenvalue weighted by molar-refractivity contribution is -0.146. The molecule has 2 rings (SSSR count). The third kappa shape index (κ3) is 2.59. The van der Waals surface area contributed by atoms with Gasteiger partial charge in [-0.05, 0) is 13.8 Å². The van der Waals surface area contributed by atoms with Crippen molar-refractivity contribution in [2.75, 3.05) is 6.54 Å². The van der Waals surface area contributed by atoms with Crippen LogP contribution in [-0.2, 0) is 4.79 Å². The molecule has 2 aromatic rings. The third-order valence-corrected chi connectivity index (χ3v) is 2.83. The minimum absolute atomic E-state index is 0.276. The lowest BCUT2D eigenvalue weighted by Crippen LogP contribution is -2.37. The molecule has 0 fully saturated rings. The smallest absolute Gasteiger partial charge is 0.334 e. The van der Waals surface area contributed by atoms with Gasteiger partial charge in [0.15, 0.2) is 11.8 Å². The molecular weight excluding hydrogens is 264 g/mol. The number of carbonyl (C=O) groups excluding carboxylic acids is 1. The van der Waals surface area contributed by atoms with Gasteiger partial charge in [0.2, 0.25) is 0 Å². The first kappa shape index (κ1) is 13.9. The zero-order valence-electron chi connectivity index (χ0n) is 11.0. The topological polar surface area (TPSA) is 117 Å². The molecule has 20 heavy (non-hydrogen) atoms. The number of hydrogen-bond donors (Lipinski definition) is 3. The van der Waals surface area contributed by atoms with E-state index in [1.54, 1.807) is 13.0 Å². The maximum absolute atomic E-state index is 11.9. The molecule has 0 aliphatic heterocycles. The molecule has 106 valence electrons. The molecular formula is C12H14N4O4. The lowest BCUT2D eigenvalue weighted by Gasteiger charge is -2.10. The second-order valence-electron chi connectivity index (χ2n) is 4.38. The fourth-order valence-electron chi connectivity index (χ4n) is 1.76. The van der Waals surface area contributed by atoms with Crippen molar-refractivity contribution < 1.29 is 19.8 Å². The van der Waals surface area contributed by atoms with Gasteiger partial charge in [-0.3, -0.25) is 4.79 Å². The van der Waals surface area contributed by atoms with Crippen LogP contribution >= 0.6 is 0 Å². The summed E-state index contributed by atoms with van der Waals surface area (Å²) < 4.78 is 1.54. The van der Waals surface area contributed by atoms with Crippen LogP contribution in [0.2, 0.25) is 0 Å². The second kappa shape index (κ2) is 5.25. The summed E-state index contributed by atoms with van der Waals surface area (Å²) in [5.74, 6) is -1.90. The number of hydrogen-bond acceptors (Lipinski definition) is 5. The van der Waals surface area contributed by atoms with Crippen molar-refractivity contribution in [3.05, 3.63) is 29.2 Å². The Labute approximate surface area is 114 Å². The van der Waals surface area contributed by atoms with Crippen LogP contribution in [0.15, 0.2) is 12.3 Å². The number of nitrogens with zero attached hydrogens (tertiary/aromatic N) is 3. The van der Waals surface area contributed by atoms with Gasteiger partial charge in [0.1, 0.15) is 0 Å². The molecule has 8 nitrogen and oxygen atoms in total. The van der Waals surface area contributed by atoms with Crippen LogP contribution < -0.4 is 5.32 Å². The van der Waals surface area contributed by atoms with Crippen molar-refractivity contribution in [1.29, 1.82) is 0 Å². The van der Waals surface area contributed by atoms with Crippen molar-refractivity contribution in [3.63, 3.8) is 0 Å². The molecule has 0 spiro atoms. The Morgan fingerprint density at radius 3 is 2.80 bits per heavy atom. The van der Waals surface area contributed by atoms with Gasteiger partial charge in [-0.1, -0.05) is 0 Å². The Balaban J connectivity index is 2.22. The van der Waals surface area contributed by atoms with Gasteiger partial charge in [-0.15, -0.1) is 0 Å². The molecule has 0 aliphatic carbocycles. The maximum atomic E-state index is 11.9. The molecule has 0 aromatic carbocycles. The number of carboxylic acids is 1. The number of rotatable bonds is 4. The summed E-state index contributed by atoms with van der Waals surface area (Å²) in [5.41, 5.74) is 2.27. The highest BCUT2D eigenvalue weighted by molar-refractivity contribution is 5.95. The minimum Gasteiger partial charge on any atom is -0.479 e. The van der Waals surface area contributed by atoms with E-state index in [1.165, 1.54) is 10.7 Å². The zero-order chi connectivity index (χ0) is 14.9. The predicted octanol–water partition coefficient (Wildman–Crippen LogP) is -0.479. The first-order valence-electron chi connectivity index (χ1n) is 5.91. The van der Waals surface area contributed by atoms with Crippen LogP contribution in [0, 0.1) is 13.8 Å². The van der Waals surface area contributed by atoms with Crippen molar-refractivity contribution in [2.24, 2.45) is 0 Å². The molecule has 1 amide bonds. The molecule has 3 N–H and O–H groups in total. The molecule has 0 radical (unpaired) electrons. The van der Waals surface area contributed by atoms with E-state index in [1.807, 2.05) is 6.92 Å². The summed E-state index contributed by atoms with van der Waals surface area (Å²) in [6.45, 7) is 3.16. The highest BCUT2D eigenvalue weighted by Crippen LogP contribution is 2.10. The summed E-state index contributed by atoms with van der Waals surface area (Å²) in [4.78, 5) is 26.5. The lowest BCUT2D eigenvalue weighted by atomic mass is 10.2. The first-order valence-corrected chi connectivity index (χ1v) is 5.91. The van der Waals surface area contributed by atoms with Gasteiger partial charge in [-0.25, -0.2) is 14.3 Å². The minimum atomic E-state index is -1.64. The highest BCUT2D eigenvalue weighted by Gasteiger charge is 2.17. The maximum Gasteiger partial charge on any atom is 0.334 e. The summed E-state index contributed by atoms with van der Waals surface area (Å²) in [6.07, 6.45) is -0.239. The number of nitrogens with one attached hydrogen (secondary N) is 1. The van der Waals surface area contributed by atoms with Crippen molar-refractivity contribution in [3.8, 4) is 0 Å². The summed E-state index contributed by atoms with van der Waals surface area (Å²) in [6, 6.07) is 1.78. The Morgan fingerprint density at radius 2 is 2.15 bits per heavy atom. The number of carbonyl (C=O) groups is 2. The predicted molar refractivity (Wildman–Crippen MR) is 68.4 cm³/mol. The Kier molecular flexibility index (Phi) is 3.66. The van der Waals surface area contributed by atoms with Crippen LogP contribution in [0.1, 0.15) is 21.7 Å². The van der Waals surface area contributed by atoms with E-state index in [-0.39, 0.29) is 12.1 Å². The van der Waals surface area contributed by atoms with E-state index in [9.17, 15) is 9.59 Å². The monoisotopic (exact) mass is 278 g/mol. The van der Waals surface area contributed by atoms with E-state index in [0.717, 1.165) is 5.69 Å².